The Hall–Kier alpha value is -0.980. The van der Waals surface area contributed by atoms with Crippen molar-refractivity contribution in [3.05, 3.63) is 26.6 Å². The van der Waals surface area contributed by atoms with E-state index in [2.05, 4.69) is 4.98 Å². The molecule has 2 aromatic heterocycles. The summed E-state index contributed by atoms with van der Waals surface area (Å²) < 4.78 is 7.67. The first kappa shape index (κ1) is 12.1. The quantitative estimate of drug-likeness (QED) is 0.862. The van der Waals surface area contributed by atoms with Crippen molar-refractivity contribution in [3.8, 4) is 0 Å². The molecule has 96 valence electrons. The highest BCUT2D eigenvalue weighted by Gasteiger charge is 2.30. The zero-order chi connectivity index (χ0) is 12.7. The Morgan fingerprint density at radius 3 is 3.17 bits per heavy atom. The number of rotatable bonds is 2. The number of nitrogens with one attached hydrogen (secondary N) is 1. The summed E-state index contributed by atoms with van der Waals surface area (Å²) in [5, 5.41) is 2.62. The van der Waals surface area contributed by atoms with E-state index in [4.69, 9.17) is 17.0 Å². The molecule has 2 atom stereocenters. The van der Waals surface area contributed by atoms with Gasteiger partial charge in [-0.15, -0.1) is 11.3 Å². The maximum absolute atomic E-state index is 12.5. The van der Waals surface area contributed by atoms with Crippen LogP contribution in [0.15, 0.2) is 16.2 Å². The van der Waals surface area contributed by atoms with Gasteiger partial charge in [0.1, 0.15) is 4.83 Å². The molecular weight excluding hydrogens is 268 g/mol. The van der Waals surface area contributed by atoms with Crippen LogP contribution in [0.2, 0.25) is 0 Å². The molecule has 6 heteroatoms. The molecule has 0 saturated heterocycles. The molecule has 0 spiro atoms. The van der Waals surface area contributed by atoms with E-state index in [0.29, 0.717) is 4.77 Å². The van der Waals surface area contributed by atoms with Crippen molar-refractivity contribution in [2.45, 2.75) is 31.4 Å². The number of hydrogen-bond acceptors (Lipinski definition) is 4. The molecule has 2 unspecified atom stereocenters. The van der Waals surface area contributed by atoms with Crippen LogP contribution in [0.3, 0.4) is 0 Å². The van der Waals surface area contributed by atoms with Gasteiger partial charge in [-0.2, -0.15) is 0 Å². The van der Waals surface area contributed by atoms with Crippen LogP contribution in [0.4, 0.5) is 0 Å². The normalized spacial score (nSPS) is 23.8. The van der Waals surface area contributed by atoms with Gasteiger partial charge in [0.15, 0.2) is 4.77 Å². The Bertz CT molecular complexity index is 685. The summed E-state index contributed by atoms with van der Waals surface area (Å²) in [6.07, 6.45) is 3.11. The molecule has 1 N–H and O–H groups in total. The van der Waals surface area contributed by atoms with Crippen LogP contribution >= 0.6 is 23.6 Å². The van der Waals surface area contributed by atoms with E-state index in [9.17, 15) is 4.79 Å². The molecule has 0 radical (unpaired) electrons. The lowest BCUT2D eigenvalue weighted by molar-refractivity contribution is 0.0732. The number of hydrogen-bond donors (Lipinski definition) is 1. The summed E-state index contributed by atoms with van der Waals surface area (Å²) in [6.45, 7) is 0. The number of aromatic nitrogens is 2. The number of ether oxygens (including phenoxy) is 1. The smallest absolute Gasteiger partial charge is 0.263 e. The van der Waals surface area contributed by atoms with Gasteiger partial charge in [-0.05, 0) is 42.9 Å². The number of fused-ring (bicyclic) bond motifs is 1. The zero-order valence-electron chi connectivity index (χ0n) is 10.0. The van der Waals surface area contributed by atoms with Crippen LogP contribution < -0.4 is 5.56 Å². The van der Waals surface area contributed by atoms with Gasteiger partial charge in [0.05, 0.1) is 17.5 Å². The molecule has 1 aliphatic rings. The second-order valence-corrected chi connectivity index (χ2v) is 5.84. The Kier molecular flexibility index (Phi) is 3.09. The predicted octanol–water partition coefficient (Wildman–Crippen LogP) is 2.86. The number of H-pyrrole nitrogens is 1. The Morgan fingerprint density at radius 2 is 2.39 bits per heavy atom. The lowest BCUT2D eigenvalue weighted by atomic mass is 10.2. The fourth-order valence-electron chi connectivity index (χ4n) is 2.73. The first-order chi connectivity index (χ1) is 8.72. The van der Waals surface area contributed by atoms with Gasteiger partial charge in [-0.3, -0.25) is 9.36 Å². The Balaban J connectivity index is 2.22. The lowest BCUT2D eigenvalue weighted by Crippen LogP contribution is -2.31. The third-order valence-corrected chi connectivity index (χ3v) is 4.73. The second-order valence-electron chi connectivity index (χ2n) is 4.54. The van der Waals surface area contributed by atoms with Crippen molar-refractivity contribution in [3.63, 3.8) is 0 Å². The molecule has 18 heavy (non-hydrogen) atoms. The van der Waals surface area contributed by atoms with E-state index < -0.39 is 0 Å². The van der Waals surface area contributed by atoms with Crippen molar-refractivity contribution >= 4 is 33.8 Å². The number of aromatic amines is 1. The van der Waals surface area contributed by atoms with E-state index in [1.165, 1.54) is 11.3 Å². The summed E-state index contributed by atoms with van der Waals surface area (Å²) in [7, 11) is 1.70. The molecule has 0 aromatic carbocycles. The third kappa shape index (κ3) is 1.75. The molecule has 1 fully saturated rings. The van der Waals surface area contributed by atoms with E-state index in [1.54, 1.807) is 11.7 Å². The summed E-state index contributed by atoms with van der Waals surface area (Å²) in [4.78, 5) is 16.5. The van der Waals surface area contributed by atoms with Crippen molar-refractivity contribution in [2.75, 3.05) is 7.11 Å². The van der Waals surface area contributed by atoms with Crippen LogP contribution in [0.5, 0.6) is 0 Å². The Labute approximate surface area is 113 Å². The van der Waals surface area contributed by atoms with E-state index in [-0.39, 0.29) is 17.7 Å². The van der Waals surface area contributed by atoms with Crippen molar-refractivity contribution in [2.24, 2.45) is 0 Å². The molecule has 4 nitrogen and oxygen atoms in total. The summed E-state index contributed by atoms with van der Waals surface area (Å²) in [6, 6.07) is 1.91. The molecule has 2 heterocycles. The number of thiophene rings is 1. The standard InChI is InChI=1S/C12H14N2O2S2/c1-16-9-4-2-3-8(9)14-11(15)7-5-6-18-10(7)13-12(14)17/h5-6,8-9H,2-4H2,1H3,(H,13,17). The van der Waals surface area contributed by atoms with Gasteiger partial charge < -0.3 is 9.72 Å². The predicted molar refractivity (Wildman–Crippen MR) is 75.0 cm³/mol. The molecule has 0 bridgehead atoms. The molecule has 0 amide bonds. The summed E-state index contributed by atoms with van der Waals surface area (Å²) in [5.41, 5.74) is 0.00366. The first-order valence-electron chi connectivity index (χ1n) is 5.97. The van der Waals surface area contributed by atoms with Gasteiger partial charge >= 0.3 is 0 Å². The van der Waals surface area contributed by atoms with Gasteiger partial charge in [0.2, 0.25) is 0 Å². The Morgan fingerprint density at radius 1 is 1.56 bits per heavy atom. The number of methoxy groups -OCH3 is 1. The van der Waals surface area contributed by atoms with Gasteiger partial charge in [0.25, 0.3) is 5.56 Å². The van der Waals surface area contributed by atoms with Crippen LogP contribution in [-0.2, 0) is 4.74 Å². The van der Waals surface area contributed by atoms with E-state index in [0.717, 1.165) is 29.5 Å². The van der Waals surface area contributed by atoms with Crippen LogP contribution in [0.1, 0.15) is 25.3 Å². The first-order valence-corrected chi connectivity index (χ1v) is 7.26. The molecule has 0 aliphatic heterocycles. The maximum Gasteiger partial charge on any atom is 0.263 e. The van der Waals surface area contributed by atoms with Crippen LogP contribution in [0, 0.1) is 4.77 Å². The minimum absolute atomic E-state index is 0.00366. The largest absolute Gasteiger partial charge is 0.379 e. The molecule has 3 rings (SSSR count). The molecule has 1 saturated carbocycles. The lowest BCUT2D eigenvalue weighted by Gasteiger charge is -2.20. The van der Waals surface area contributed by atoms with E-state index >= 15 is 0 Å². The highest BCUT2D eigenvalue weighted by Crippen LogP contribution is 2.31. The second kappa shape index (κ2) is 4.60. The summed E-state index contributed by atoms with van der Waals surface area (Å²) in [5.74, 6) is 0. The maximum atomic E-state index is 12.5. The fourth-order valence-corrected chi connectivity index (χ4v) is 3.89. The SMILES string of the molecule is COC1CCCC1n1c(=S)[nH]c2sccc2c1=O. The van der Waals surface area contributed by atoms with Gasteiger partial charge in [-0.1, -0.05) is 0 Å². The van der Waals surface area contributed by atoms with Gasteiger partial charge in [-0.25, -0.2) is 0 Å². The van der Waals surface area contributed by atoms with Crippen molar-refractivity contribution < 1.29 is 4.74 Å². The topological polar surface area (TPSA) is 47.0 Å². The average Bonchev–Trinajstić information content (AvgIpc) is 2.97. The minimum Gasteiger partial charge on any atom is -0.379 e. The highest BCUT2D eigenvalue weighted by molar-refractivity contribution is 7.71. The third-order valence-electron chi connectivity index (χ3n) is 3.61. The number of nitrogens with zero attached hydrogens (tertiary/aromatic N) is 1. The van der Waals surface area contributed by atoms with Crippen molar-refractivity contribution in [1.82, 2.24) is 9.55 Å². The monoisotopic (exact) mass is 282 g/mol. The zero-order valence-corrected chi connectivity index (χ0v) is 11.6. The average molecular weight is 282 g/mol. The van der Waals surface area contributed by atoms with Crippen molar-refractivity contribution in [1.29, 1.82) is 0 Å². The fraction of sp³-hybridized carbons (Fsp3) is 0.500. The minimum atomic E-state index is 0.00366. The molecular formula is C12H14N2O2S2. The van der Waals surface area contributed by atoms with Gasteiger partial charge in [0, 0.05) is 7.11 Å². The van der Waals surface area contributed by atoms with E-state index in [1.807, 2.05) is 11.4 Å². The molecule has 2 aromatic rings. The highest BCUT2D eigenvalue weighted by atomic mass is 32.1. The molecule has 1 aliphatic carbocycles. The summed E-state index contributed by atoms with van der Waals surface area (Å²) >= 11 is 6.84. The van der Waals surface area contributed by atoms with Crippen LogP contribution in [0.25, 0.3) is 10.2 Å². The van der Waals surface area contributed by atoms with Crippen LogP contribution in [-0.4, -0.2) is 22.8 Å².